The Morgan fingerprint density at radius 2 is 1.41 bits per heavy atom. The average Bonchev–Trinajstić information content (AvgIpc) is 2.87. The van der Waals surface area contributed by atoms with Gasteiger partial charge in [-0.3, -0.25) is 24.0 Å². The van der Waals surface area contributed by atoms with Crippen LogP contribution in [0.2, 0.25) is 0 Å². The summed E-state index contributed by atoms with van der Waals surface area (Å²) in [6.45, 7) is 1.44. The zero-order valence-corrected chi connectivity index (χ0v) is 21.5. The van der Waals surface area contributed by atoms with Crippen LogP contribution in [0.1, 0.15) is 32.3 Å². The van der Waals surface area contributed by atoms with Crippen molar-refractivity contribution in [3.05, 3.63) is 35.9 Å². The number of hydrogen-bond donors (Lipinski definition) is 9. The smallest absolute Gasteiger partial charge is 0.328 e. The molecule has 39 heavy (non-hydrogen) atoms. The number of rotatable bonds is 16. The van der Waals surface area contributed by atoms with Crippen LogP contribution in [0.25, 0.3) is 0 Å². The molecule has 0 spiro atoms. The second kappa shape index (κ2) is 16.0. The highest BCUT2D eigenvalue weighted by Gasteiger charge is 2.32. The molecule has 0 fully saturated rings. The Labute approximate surface area is 224 Å². The van der Waals surface area contributed by atoms with Gasteiger partial charge in [-0.15, -0.1) is 0 Å². The molecule has 1 rings (SSSR count). The van der Waals surface area contributed by atoms with Crippen LogP contribution in [0.5, 0.6) is 0 Å². The van der Waals surface area contributed by atoms with Crippen molar-refractivity contribution >= 4 is 35.6 Å². The number of nitrogens with two attached hydrogens (primary N) is 1. The van der Waals surface area contributed by atoms with Crippen molar-refractivity contribution in [1.29, 1.82) is 0 Å². The first kappa shape index (κ1) is 32.9. The van der Waals surface area contributed by atoms with Crippen LogP contribution in [-0.4, -0.2) is 98.9 Å². The van der Waals surface area contributed by atoms with E-state index in [2.05, 4.69) is 16.0 Å². The molecule has 0 heterocycles. The van der Waals surface area contributed by atoms with E-state index in [4.69, 9.17) is 21.1 Å². The number of carbonyl (C=O) groups is 6. The van der Waals surface area contributed by atoms with Crippen molar-refractivity contribution in [3.63, 3.8) is 0 Å². The Kier molecular flexibility index (Phi) is 13.5. The van der Waals surface area contributed by atoms with E-state index >= 15 is 0 Å². The highest BCUT2D eigenvalue weighted by molar-refractivity contribution is 5.95. The van der Waals surface area contributed by atoms with E-state index in [1.807, 2.05) is 5.32 Å². The fourth-order valence-electron chi connectivity index (χ4n) is 3.29. The number of benzene rings is 1. The van der Waals surface area contributed by atoms with Crippen molar-refractivity contribution in [2.75, 3.05) is 6.61 Å². The van der Waals surface area contributed by atoms with E-state index in [-0.39, 0.29) is 12.8 Å². The second-order valence-corrected chi connectivity index (χ2v) is 8.83. The highest BCUT2D eigenvalue weighted by Crippen LogP contribution is 2.05. The SMILES string of the molecule is C[C@H](NC(=O)[C@H](CCC(=O)O)NC(=O)[C@@H](N)Cc1ccccc1)C(=O)N[C@H](C(=O)N[C@@H](CO)C(=O)O)[C@@H](C)O. The molecule has 4 amide bonds. The largest absolute Gasteiger partial charge is 0.481 e. The van der Waals surface area contributed by atoms with Gasteiger partial charge in [0.25, 0.3) is 0 Å². The average molecular weight is 554 g/mol. The number of carboxylic acids is 2. The summed E-state index contributed by atoms with van der Waals surface area (Å²) in [4.78, 5) is 72.5. The highest BCUT2D eigenvalue weighted by atomic mass is 16.4. The van der Waals surface area contributed by atoms with Crippen LogP contribution in [-0.2, 0) is 35.2 Å². The van der Waals surface area contributed by atoms with Crippen LogP contribution < -0.4 is 27.0 Å². The molecule has 1 aromatic carbocycles. The van der Waals surface area contributed by atoms with Crippen molar-refractivity contribution in [2.24, 2.45) is 5.73 Å². The van der Waals surface area contributed by atoms with Gasteiger partial charge in [0.05, 0.1) is 18.8 Å². The Bertz CT molecular complexity index is 1020. The minimum absolute atomic E-state index is 0.153. The van der Waals surface area contributed by atoms with Gasteiger partial charge in [-0.05, 0) is 32.3 Å². The Morgan fingerprint density at radius 3 is 1.92 bits per heavy atom. The first-order valence-corrected chi connectivity index (χ1v) is 12.0. The van der Waals surface area contributed by atoms with Gasteiger partial charge in [0, 0.05) is 6.42 Å². The van der Waals surface area contributed by atoms with Gasteiger partial charge in [0.15, 0.2) is 0 Å². The van der Waals surface area contributed by atoms with E-state index in [0.29, 0.717) is 0 Å². The van der Waals surface area contributed by atoms with E-state index in [0.717, 1.165) is 12.5 Å². The minimum atomic E-state index is -1.68. The molecule has 0 aromatic heterocycles. The molecular weight excluding hydrogens is 518 g/mol. The maximum absolute atomic E-state index is 12.8. The molecule has 0 bridgehead atoms. The van der Waals surface area contributed by atoms with E-state index in [9.17, 15) is 33.9 Å². The van der Waals surface area contributed by atoms with Crippen molar-refractivity contribution in [1.82, 2.24) is 21.3 Å². The van der Waals surface area contributed by atoms with Gasteiger partial charge in [0.1, 0.15) is 24.2 Å². The van der Waals surface area contributed by atoms with Gasteiger partial charge in [-0.1, -0.05) is 30.3 Å². The number of aliphatic hydroxyl groups is 2. The fraction of sp³-hybridized carbons (Fsp3) is 0.500. The molecule has 0 saturated carbocycles. The third-order valence-electron chi connectivity index (χ3n) is 5.53. The monoisotopic (exact) mass is 553 g/mol. The molecule has 10 N–H and O–H groups in total. The molecule has 0 aliphatic heterocycles. The molecular formula is C24H35N5O10. The van der Waals surface area contributed by atoms with Crippen LogP contribution in [0, 0.1) is 0 Å². The zero-order chi connectivity index (χ0) is 29.7. The molecule has 0 aliphatic carbocycles. The minimum Gasteiger partial charge on any atom is -0.481 e. The second-order valence-electron chi connectivity index (χ2n) is 8.83. The lowest BCUT2D eigenvalue weighted by molar-refractivity contribution is -0.144. The van der Waals surface area contributed by atoms with Gasteiger partial charge in [-0.25, -0.2) is 4.79 Å². The topological polar surface area (TPSA) is 257 Å². The van der Waals surface area contributed by atoms with E-state index < -0.39 is 84.9 Å². The fourth-order valence-corrected chi connectivity index (χ4v) is 3.29. The van der Waals surface area contributed by atoms with Crippen molar-refractivity contribution in [3.8, 4) is 0 Å². The van der Waals surface area contributed by atoms with Gasteiger partial charge < -0.3 is 47.4 Å². The summed E-state index contributed by atoms with van der Waals surface area (Å²) in [7, 11) is 0. The number of aliphatic hydroxyl groups excluding tert-OH is 2. The summed E-state index contributed by atoms with van der Waals surface area (Å²) in [6.07, 6.45) is -2.12. The lowest BCUT2D eigenvalue weighted by Crippen LogP contribution is -2.60. The molecule has 0 aliphatic rings. The van der Waals surface area contributed by atoms with Crippen LogP contribution in [0.3, 0.4) is 0 Å². The van der Waals surface area contributed by atoms with Crippen molar-refractivity contribution < 1.29 is 49.2 Å². The Morgan fingerprint density at radius 1 is 0.821 bits per heavy atom. The van der Waals surface area contributed by atoms with E-state index in [1.54, 1.807) is 30.3 Å². The summed E-state index contributed by atoms with van der Waals surface area (Å²) in [5.41, 5.74) is 6.71. The third kappa shape index (κ3) is 11.5. The van der Waals surface area contributed by atoms with E-state index in [1.165, 1.54) is 6.92 Å². The predicted molar refractivity (Wildman–Crippen MR) is 135 cm³/mol. The van der Waals surface area contributed by atoms with Gasteiger partial charge in [-0.2, -0.15) is 0 Å². The van der Waals surface area contributed by atoms with Crippen LogP contribution >= 0.6 is 0 Å². The summed E-state index contributed by atoms with van der Waals surface area (Å²) in [6, 6.07) is 1.77. The van der Waals surface area contributed by atoms with Gasteiger partial charge >= 0.3 is 11.9 Å². The number of carboxylic acid groups (broad SMARTS) is 2. The maximum Gasteiger partial charge on any atom is 0.328 e. The standard InChI is InChI=1S/C24H35N5O10/c1-12(20(34)29-19(13(2)31)23(37)28-17(11-30)24(38)39)26-22(36)16(8-9-18(32)33)27-21(35)15(25)10-14-6-4-3-5-7-14/h3-7,12-13,15-17,19,30-31H,8-11,25H2,1-2H3,(H,26,36)(H,27,35)(H,28,37)(H,29,34)(H,32,33)(H,38,39)/t12-,13+,15-,16-,17-,19-/m0/s1. The molecule has 0 unspecified atom stereocenters. The Hall–Kier alpha value is -4.08. The summed E-state index contributed by atoms with van der Waals surface area (Å²) in [5, 5.41) is 45.8. The number of aliphatic carboxylic acids is 2. The molecule has 0 radical (unpaired) electrons. The first-order valence-electron chi connectivity index (χ1n) is 12.0. The van der Waals surface area contributed by atoms with Crippen molar-refractivity contribution in [2.45, 2.75) is 69.4 Å². The van der Waals surface area contributed by atoms with Crippen LogP contribution in [0.15, 0.2) is 30.3 Å². The summed E-state index contributed by atoms with van der Waals surface area (Å²) < 4.78 is 0. The third-order valence-corrected chi connectivity index (χ3v) is 5.53. The summed E-state index contributed by atoms with van der Waals surface area (Å²) >= 11 is 0. The maximum atomic E-state index is 12.8. The lowest BCUT2D eigenvalue weighted by atomic mass is 10.0. The Balaban J connectivity index is 2.87. The molecule has 15 nitrogen and oxygen atoms in total. The normalized spacial score (nSPS) is 15.4. The lowest BCUT2D eigenvalue weighted by Gasteiger charge is -2.25. The zero-order valence-electron chi connectivity index (χ0n) is 21.5. The molecule has 6 atom stereocenters. The number of hydrogen-bond acceptors (Lipinski definition) is 9. The molecule has 216 valence electrons. The van der Waals surface area contributed by atoms with Gasteiger partial charge in [0.2, 0.25) is 23.6 Å². The molecule has 15 heteroatoms. The summed E-state index contributed by atoms with van der Waals surface area (Å²) in [5.74, 6) is -6.44. The predicted octanol–water partition coefficient (Wildman–Crippen LogP) is -3.16. The number of nitrogens with one attached hydrogen (secondary N) is 4. The number of amides is 4. The molecule has 0 saturated heterocycles. The first-order chi connectivity index (χ1) is 18.3. The molecule has 1 aromatic rings. The quantitative estimate of drug-likeness (QED) is 0.0986. The number of carbonyl (C=O) groups excluding carboxylic acids is 4. The van der Waals surface area contributed by atoms with Crippen LogP contribution in [0.4, 0.5) is 0 Å².